The van der Waals surface area contributed by atoms with Crippen molar-refractivity contribution in [1.29, 1.82) is 0 Å². The van der Waals surface area contributed by atoms with E-state index in [1.54, 1.807) is 44.2 Å². The molecule has 1 saturated heterocycles. The van der Waals surface area contributed by atoms with Gasteiger partial charge in [0.1, 0.15) is 11.5 Å². The molecule has 134 valence electrons. The van der Waals surface area contributed by atoms with Gasteiger partial charge in [-0.1, -0.05) is 5.92 Å². The van der Waals surface area contributed by atoms with Crippen molar-refractivity contribution in [3.8, 4) is 23.3 Å². The van der Waals surface area contributed by atoms with E-state index in [9.17, 15) is 9.59 Å². The van der Waals surface area contributed by atoms with Gasteiger partial charge in [-0.3, -0.25) is 9.59 Å². The highest BCUT2D eigenvalue weighted by Gasteiger charge is 2.22. The van der Waals surface area contributed by atoms with Crippen molar-refractivity contribution < 1.29 is 19.1 Å². The molecular weight excluding hydrogens is 320 g/mol. The van der Waals surface area contributed by atoms with E-state index in [0.717, 1.165) is 12.8 Å². The molecule has 0 bridgehead atoms. The third-order valence-corrected chi connectivity index (χ3v) is 4.30. The van der Waals surface area contributed by atoms with Gasteiger partial charge in [0.2, 0.25) is 0 Å². The minimum Gasteiger partial charge on any atom is -0.497 e. The summed E-state index contributed by atoms with van der Waals surface area (Å²) in [6.45, 7) is 3.61. The Balaban J connectivity index is 1.87. The first-order chi connectivity index (χ1) is 12.1. The molecule has 25 heavy (non-hydrogen) atoms. The minimum absolute atomic E-state index is 0.117. The molecule has 0 aromatic heterocycles. The van der Waals surface area contributed by atoms with E-state index in [-0.39, 0.29) is 11.8 Å². The van der Waals surface area contributed by atoms with Gasteiger partial charge >= 0.3 is 0 Å². The SMILES string of the molecule is CC#CC(=O)N1CCC(CNC(=O)c2cc(OC)cc(OC)c2)CC1. The fraction of sp³-hybridized carbons (Fsp3) is 0.474. The van der Waals surface area contributed by atoms with Gasteiger partial charge < -0.3 is 19.7 Å². The molecule has 0 aliphatic carbocycles. The minimum atomic E-state index is -0.160. The maximum Gasteiger partial charge on any atom is 0.298 e. The fourth-order valence-corrected chi connectivity index (χ4v) is 2.80. The van der Waals surface area contributed by atoms with Crippen LogP contribution in [0.5, 0.6) is 11.5 Å². The van der Waals surface area contributed by atoms with Crippen molar-refractivity contribution in [2.75, 3.05) is 33.9 Å². The van der Waals surface area contributed by atoms with Crippen molar-refractivity contribution >= 4 is 11.8 Å². The summed E-state index contributed by atoms with van der Waals surface area (Å²) in [5, 5.41) is 2.96. The summed E-state index contributed by atoms with van der Waals surface area (Å²) in [4.78, 5) is 25.9. The Hall–Kier alpha value is -2.68. The average Bonchev–Trinajstić information content (AvgIpc) is 2.66. The van der Waals surface area contributed by atoms with Gasteiger partial charge in [0.05, 0.1) is 14.2 Å². The molecule has 1 aromatic carbocycles. The number of hydrogen-bond donors (Lipinski definition) is 1. The van der Waals surface area contributed by atoms with E-state index in [4.69, 9.17) is 9.47 Å². The molecule has 2 amide bonds. The Morgan fingerprint density at radius 3 is 2.28 bits per heavy atom. The van der Waals surface area contributed by atoms with Crippen LogP contribution in [0, 0.1) is 17.8 Å². The number of carbonyl (C=O) groups excluding carboxylic acids is 2. The molecule has 0 atom stereocenters. The van der Waals surface area contributed by atoms with Crippen molar-refractivity contribution in [3.63, 3.8) is 0 Å². The zero-order valence-electron chi connectivity index (χ0n) is 14.9. The first-order valence-electron chi connectivity index (χ1n) is 8.30. The van der Waals surface area contributed by atoms with Gasteiger partial charge in [-0.25, -0.2) is 0 Å². The third kappa shape index (κ3) is 5.15. The van der Waals surface area contributed by atoms with Crippen LogP contribution in [-0.4, -0.2) is 50.6 Å². The molecule has 0 saturated carbocycles. The normalized spacial score (nSPS) is 14.3. The zero-order valence-corrected chi connectivity index (χ0v) is 14.9. The molecule has 1 heterocycles. The topological polar surface area (TPSA) is 67.9 Å². The molecule has 1 aromatic rings. The first kappa shape index (κ1) is 18.7. The van der Waals surface area contributed by atoms with Crippen LogP contribution in [0.2, 0.25) is 0 Å². The van der Waals surface area contributed by atoms with Crippen molar-refractivity contribution in [2.24, 2.45) is 5.92 Å². The number of benzene rings is 1. The van der Waals surface area contributed by atoms with Crippen LogP contribution in [0.15, 0.2) is 18.2 Å². The molecule has 6 nitrogen and oxygen atoms in total. The lowest BCUT2D eigenvalue weighted by atomic mass is 9.96. The number of nitrogens with zero attached hydrogens (tertiary/aromatic N) is 1. The third-order valence-electron chi connectivity index (χ3n) is 4.30. The summed E-state index contributed by atoms with van der Waals surface area (Å²) < 4.78 is 10.4. The van der Waals surface area contributed by atoms with E-state index in [2.05, 4.69) is 17.2 Å². The monoisotopic (exact) mass is 344 g/mol. The highest BCUT2D eigenvalue weighted by atomic mass is 16.5. The number of piperidine rings is 1. The van der Waals surface area contributed by atoms with E-state index in [0.29, 0.717) is 42.6 Å². The zero-order chi connectivity index (χ0) is 18.2. The number of rotatable bonds is 5. The number of nitrogens with one attached hydrogen (secondary N) is 1. The van der Waals surface area contributed by atoms with Gasteiger partial charge in [0, 0.05) is 31.3 Å². The molecule has 0 spiro atoms. The smallest absolute Gasteiger partial charge is 0.298 e. The predicted molar refractivity (Wildman–Crippen MR) is 94.6 cm³/mol. The van der Waals surface area contributed by atoms with Crippen LogP contribution in [-0.2, 0) is 4.79 Å². The Labute approximate surface area is 148 Å². The van der Waals surface area contributed by atoms with Crippen LogP contribution < -0.4 is 14.8 Å². The number of ether oxygens (including phenoxy) is 2. The van der Waals surface area contributed by atoms with E-state index in [1.807, 2.05) is 0 Å². The molecule has 1 N–H and O–H groups in total. The van der Waals surface area contributed by atoms with Gasteiger partial charge in [-0.15, -0.1) is 0 Å². The Bertz CT molecular complexity index is 660. The molecule has 1 aliphatic rings. The molecule has 1 fully saturated rings. The Morgan fingerprint density at radius 1 is 1.16 bits per heavy atom. The predicted octanol–water partition coefficient (Wildman–Crippen LogP) is 1.70. The lowest BCUT2D eigenvalue weighted by molar-refractivity contribution is -0.126. The van der Waals surface area contributed by atoms with Gasteiger partial charge in [-0.05, 0) is 43.7 Å². The second kappa shape index (κ2) is 8.97. The Morgan fingerprint density at radius 2 is 1.76 bits per heavy atom. The van der Waals surface area contributed by atoms with Crippen LogP contribution in [0.3, 0.4) is 0 Å². The maximum absolute atomic E-state index is 12.4. The Kier molecular flexibility index (Phi) is 6.70. The second-order valence-corrected chi connectivity index (χ2v) is 5.92. The highest BCUT2D eigenvalue weighted by Crippen LogP contribution is 2.22. The summed E-state index contributed by atoms with van der Waals surface area (Å²) in [5.74, 6) is 6.44. The van der Waals surface area contributed by atoms with Gasteiger partial charge in [0.15, 0.2) is 0 Å². The molecule has 1 aliphatic heterocycles. The summed E-state index contributed by atoms with van der Waals surface area (Å²) in [6, 6.07) is 5.09. The van der Waals surface area contributed by atoms with Crippen molar-refractivity contribution in [2.45, 2.75) is 19.8 Å². The van der Waals surface area contributed by atoms with Crippen LogP contribution >= 0.6 is 0 Å². The first-order valence-corrected chi connectivity index (χ1v) is 8.30. The summed E-state index contributed by atoms with van der Waals surface area (Å²) >= 11 is 0. The van der Waals surface area contributed by atoms with E-state index >= 15 is 0 Å². The molecule has 0 unspecified atom stereocenters. The molecule has 0 radical (unpaired) electrons. The van der Waals surface area contributed by atoms with Crippen molar-refractivity contribution in [3.05, 3.63) is 23.8 Å². The van der Waals surface area contributed by atoms with Crippen LogP contribution in [0.1, 0.15) is 30.1 Å². The van der Waals surface area contributed by atoms with Crippen LogP contribution in [0.25, 0.3) is 0 Å². The van der Waals surface area contributed by atoms with Crippen LogP contribution in [0.4, 0.5) is 0 Å². The van der Waals surface area contributed by atoms with Gasteiger partial charge in [0.25, 0.3) is 11.8 Å². The number of likely N-dealkylation sites (tertiary alicyclic amines) is 1. The average molecular weight is 344 g/mol. The van der Waals surface area contributed by atoms with E-state index < -0.39 is 0 Å². The number of amides is 2. The number of carbonyl (C=O) groups is 2. The lowest BCUT2D eigenvalue weighted by Gasteiger charge is -2.30. The highest BCUT2D eigenvalue weighted by molar-refractivity contribution is 5.95. The fourth-order valence-electron chi connectivity index (χ4n) is 2.80. The lowest BCUT2D eigenvalue weighted by Crippen LogP contribution is -2.41. The summed E-state index contributed by atoms with van der Waals surface area (Å²) in [7, 11) is 3.10. The molecule has 2 rings (SSSR count). The van der Waals surface area contributed by atoms with Crippen molar-refractivity contribution in [1.82, 2.24) is 10.2 Å². The number of methoxy groups -OCH3 is 2. The molecule has 6 heteroatoms. The standard InChI is InChI=1S/C19H24N2O4/c1-4-5-18(22)21-8-6-14(7-9-21)13-20-19(23)15-10-16(24-2)12-17(11-15)25-3/h10-12,14H,6-9,13H2,1-3H3,(H,20,23). The number of hydrogen-bond acceptors (Lipinski definition) is 4. The quantitative estimate of drug-likeness (QED) is 0.826. The maximum atomic E-state index is 12.4. The second-order valence-electron chi connectivity index (χ2n) is 5.92. The summed E-state index contributed by atoms with van der Waals surface area (Å²) in [6.07, 6.45) is 1.72. The van der Waals surface area contributed by atoms with Gasteiger partial charge in [-0.2, -0.15) is 0 Å². The molecular formula is C19H24N2O4. The van der Waals surface area contributed by atoms with E-state index in [1.165, 1.54) is 0 Å². The largest absolute Gasteiger partial charge is 0.497 e. The summed E-state index contributed by atoms with van der Waals surface area (Å²) in [5.41, 5.74) is 0.502.